The van der Waals surface area contributed by atoms with Gasteiger partial charge >= 0.3 is 0 Å². The quantitative estimate of drug-likeness (QED) is 0.548. The van der Waals surface area contributed by atoms with Gasteiger partial charge in [0.1, 0.15) is 0 Å². The summed E-state index contributed by atoms with van der Waals surface area (Å²) in [6.07, 6.45) is 1.13. The largest absolute Gasteiger partial charge is 0.372 e. The Morgan fingerprint density at radius 2 is 2.00 bits per heavy atom. The lowest BCUT2D eigenvalue weighted by atomic mass is 10.1. The molecule has 0 aromatic heterocycles. The summed E-state index contributed by atoms with van der Waals surface area (Å²) in [5, 5.41) is 0. The van der Waals surface area contributed by atoms with E-state index in [2.05, 4.69) is 13.8 Å². The fourth-order valence-corrected chi connectivity index (χ4v) is 0.394. The Balaban J connectivity index is 3.17. The van der Waals surface area contributed by atoms with Crippen LogP contribution in [-0.4, -0.2) is 6.61 Å². The van der Waals surface area contributed by atoms with E-state index in [1.807, 2.05) is 13.8 Å². The van der Waals surface area contributed by atoms with Gasteiger partial charge in [0.15, 0.2) is 0 Å². The minimum atomic E-state index is 0.565. The van der Waals surface area contributed by atoms with Gasteiger partial charge in [-0.15, -0.1) is 0 Å². The molecule has 0 spiro atoms. The van der Waals surface area contributed by atoms with Gasteiger partial charge in [-0.25, -0.2) is 0 Å². The van der Waals surface area contributed by atoms with E-state index in [0.717, 1.165) is 12.7 Å². The molecule has 0 N–H and O–H groups in total. The molecule has 1 heteroatoms. The Labute approximate surface area is 52.0 Å². The van der Waals surface area contributed by atoms with Crippen molar-refractivity contribution in [3.63, 3.8) is 0 Å². The number of hydrogen-bond acceptors (Lipinski definition) is 1. The molecule has 0 rings (SSSR count). The second kappa shape index (κ2) is 3.90. The van der Waals surface area contributed by atoms with E-state index in [9.17, 15) is 0 Å². The van der Waals surface area contributed by atoms with Crippen molar-refractivity contribution in [2.75, 3.05) is 6.61 Å². The van der Waals surface area contributed by atoms with Crippen molar-refractivity contribution in [3.05, 3.63) is 6.10 Å². The van der Waals surface area contributed by atoms with E-state index in [-0.39, 0.29) is 0 Å². The summed E-state index contributed by atoms with van der Waals surface area (Å²) >= 11 is 0. The molecule has 0 aromatic rings. The molecule has 0 aliphatic heterocycles. The van der Waals surface area contributed by atoms with Crippen LogP contribution in [0.2, 0.25) is 0 Å². The molecule has 0 aromatic carbocycles. The summed E-state index contributed by atoms with van der Waals surface area (Å²) in [6, 6.07) is 0. The number of ether oxygens (including phenoxy) is 1. The molecule has 0 unspecified atom stereocenters. The van der Waals surface area contributed by atoms with Gasteiger partial charge in [-0.05, 0) is 19.8 Å². The summed E-state index contributed by atoms with van der Waals surface area (Å²) in [7, 11) is 0. The van der Waals surface area contributed by atoms with Crippen LogP contribution in [0.3, 0.4) is 0 Å². The second-order valence-electron chi connectivity index (χ2n) is 2.20. The van der Waals surface area contributed by atoms with E-state index in [1.165, 1.54) is 0 Å². The minimum absolute atomic E-state index is 0.565. The van der Waals surface area contributed by atoms with Crippen LogP contribution in [0.4, 0.5) is 0 Å². The maximum absolute atomic E-state index is 5.22. The average molecular weight is 115 g/mol. The molecule has 49 valence electrons. The first-order chi connectivity index (χ1) is 3.68. The van der Waals surface area contributed by atoms with Gasteiger partial charge < -0.3 is 4.74 Å². The molecular formula is C7H15O. The van der Waals surface area contributed by atoms with Gasteiger partial charge in [-0.3, -0.25) is 0 Å². The SMILES string of the molecule is CCO[C](C)C(C)C. The first kappa shape index (κ1) is 7.96. The standard InChI is InChI=1S/C7H15O/c1-5-8-7(4)6(2)3/h6H,5H2,1-4H3. The molecule has 0 heterocycles. The smallest absolute Gasteiger partial charge is 0.0965 e. The third kappa shape index (κ3) is 3.03. The zero-order valence-corrected chi connectivity index (χ0v) is 6.19. The number of hydrogen-bond donors (Lipinski definition) is 0. The monoisotopic (exact) mass is 115 g/mol. The molecule has 1 nitrogen and oxygen atoms in total. The van der Waals surface area contributed by atoms with Crippen LogP contribution >= 0.6 is 0 Å². The van der Waals surface area contributed by atoms with Crippen molar-refractivity contribution < 1.29 is 4.74 Å². The fraction of sp³-hybridized carbons (Fsp3) is 0.857. The van der Waals surface area contributed by atoms with E-state index < -0.39 is 0 Å². The Bertz CT molecular complexity index is 50.3. The van der Waals surface area contributed by atoms with Gasteiger partial charge in [0, 0.05) is 6.61 Å². The molecule has 0 saturated carbocycles. The highest BCUT2D eigenvalue weighted by molar-refractivity contribution is 4.74. The Morgan fingerprint density at radius 3 is 2.12 bits per heavy atom. The predicted molar refractivity (Wildman–Crippen MR) is 35.4 cm³/mol. The van der Waals surface area contributed by atoms with Crippen molar-refractivity contribution in [1.82, 2.24) is 0 Å². The van der Waals surface area contributed by atoms with Crippen molar-refractivity contribution in [1.29, 1.82) is 0 Å². The molecule has 0 atom stereocenters. The Hall–Kier alpha value is -0.0400. The van der Waals surface area contributed by atoms with Crippen LogP contribution < -0.4 is 0 Å². The Kier molecular flexibility index (Phi) is 3.88. The lowest BCUT2D eigenvalue weighted by Crippen LogP contribution is -2.05. The van der Waals surface area contributed by atoms with E-state index in [1.54, 1.807) is 0 Å². The average Bonchev–Trinajstić information content (AvgIpc) is 1.67. The third-order valence-electron chi connectivity index (χ3n) is 1.19. The lowest BCUT2D eigenvalue weighted by Gasteiger charge is -2.12. The van der Waals surface area contributed by atoms with Crippen LogP contribution in [0.25, 0.3) is 0 Å². The van der Waals surface area contributed by atoms with Crippen LogP contribution in [0.5, 0.6) is 0 Å². The summed E-state index contributed by atoms with van der Waals surface area (Å²) in [6.45, 7) is 9.08. The van der Waals surface area contributed by atoms with Gasteiger partial charge in [-0.2, -0.15) is 0 Å². The van der Waals surface area contributed by atoms with Crippen LogP contribution in [0, 0.1) is 12.0 Å². The highest BCUT2D eigenvalue weighted by Gasteiger charge is 2.05. The second-order valence-corrected chi connectivity index (χ2v) is 2.20. The third-order valence-corrected chi connectivity index (χ3v) is 1.19. The molecule has 0 aliphatic rings. The van der Waals surface area contributed by atoms with Crippen molar-refractivity contribution in [2.24, 2.45) is 5.92 Å². The molecule has 0 amide bonds. The molecule has 1 radical (unpaired) electrons. The van der Waals surface area contributed by atoms with E-state index in [0.29, 0.717) is 5.92 Å². The molecule has 0 fully saturated rings. The minimum Gasteiger partial charge on any atom is -0.372 e. The number of rotatable bonds is 3. The molecule has 0 bridgehead atoms. The zero-order chi connectivity index (χ0) is 6.57. The first-order valence-electron chi connectivity index (χ1n) is 3.14. The van der Waals surface area contributed by atoms with Crippen LogP contribution in [0.1, 0.15) is 27.7 Å². The summed E-state index contributed by atoms with van der Waals surface area (Å²) in [4.78, 5) is 0. The fourth-order valence-electron chi connectivity index (χ4n) is 0.394. The topological polar surface area (TPSA) is 9.23 Å². The summed E-state index contributed by atoms with van der Waals surface area (Å²) < 4.78 is 5.22. The van der Waals surface area contributed by atoms with Crippen LogP contribution in [0.15, 0.2) is 0 Å². The normalized spacial score (nSPS) is 11.2. The van der Waals surface area contributed by atoms with Crippen molar-refractivity contribution >= 4 is 0 Å². The first-order valence-corrected chi connectivity index (χ1v) is 3.14. The molecule has 0 saturated heterocycles. The van der Waals surface area contributed by atoms with Crippen LogP contribution in [-0.2, 0) is 4.74 Å². The predicted octanol–water partition coefficient (Wildman–Crippen LogP) is 2.23. The van der Waals surface area contributed by atoms with Crippen molar-refractivity contribution in [2.45, 2.75) is 27.7 Å². The maximum Gasteiger partial charge on any atom is 0.0965 e. The maximum atomic E-state index is 5.22. The van der Waals surface area contributed by atoms with Gasteiger partial charge in [0.05, 0.1) is 6.10 Å². The highest BCUT2D eigenvalue weighted by Crippen LogP contribution is 2.12. The van der Waals surface area contributed by atoms with E-state index in [4.69, 9.17) is 4.74 Å². The lowest BCUT2D eigenvalue weighted by molar-refractivity contribution is 0.132. The summed E-state index contributed by atoms with van der Waals surface area (Å²) in [5.41, 5.74) is 0. The molecule has 8 heavy (non-hydrogen) atoms. The van der Waals surface area contributed by atoms with Crippen molar-refractivity contribution in [3.8, 4) is 0 Å². The van der Waals surface area contributed by atoms with Gasteiger partial charge in [0.25, 0.3) is 0 Å². The van der Waals surface area contributed by atoms with Gasteiger partial charge in [-0.1, -0.05) is 13.8 Å². The highest BCUT2D eigenvalue weighted by atomic mass is 16.5. The summed E-state index contributed by atoms with van der Waals surface area (Å²) in [5.74, 6) is 0.565. The van der Waals surface area contributed by atoms with Gasteiger partial charge in [0.2, 0.25) is 0 Å². The molecule has 0 aliphatic carbocycles. The van der Waals surface area contributed by atoms with E-state index >= 15 is 0 Å². The molecular weight excluding hydrogens is 100 g/mol. The Morgan fingerprint density at radius 1 is 1.50 bits per heavy atom. The zero-order valence-electron chi connectivity index (χ0n) is 6.19.